The van der Waals surface area contributed by atoms with Crippen LogP contribution in [-0.2, 0) is 11.2 Å². The van der Waals surface area contributed by atoms with E-state index in [2.05, 4.69) is 65.6 Å². The summed E-state index contributed by atoms with van der Waals surface area (Å²) in [4.78, 5) is 7.44. The number of morpholine rings is 1. The van der Waals surface area contributed by atoms with Crippen LogP contribution in [0.25, 0.3) is 27.5 Å². The van der Waals surface area contributed by atoms with Crippen LogP contribution in [0.2, 0.25) is 0 Å². The van der Waals surface area contributed by atoms with Gasteiger partial charge in [0.25, 0.3) is 0 Å². The van der Waals surface area contributed by atoms with Gasteiger partial charge in [-0.25, -0.2) is 0 Å². The summed E-state index contributed by atoms with van der Waals surface area (Å²) in [6.07, 6.45) is 12.7. The van der Waals surface area contributed by atoms with Gasteiger partial charge in [0.2, 0.25) is 0 Å². The van der Waals surface area contributed by atoms with E-state index in [1.54, 1.807) is 16.7 Å². The van der Waals surface area contributed by atoms with Crippen LogP contribution in [0.3, 0.4) is 0 Å². The van der Waals surface area contributed by atoms with Crippen LogP contribution in [0.4, 0.5) is 5.69 Å². The van der Waals surface area contributed by atoms with Crippen LogP contribution in [0, 0.1) is 11.8 Å². The van der Waals surface area contributed by atoms with Gasteiger partial charge in [0, 0.05) is 36.6 Å². The number of anilines is 1. The fraction of sp³-hybridized carbons (Fsp3) is 0.400. The molecular formula is C35H36N2OS. The van der Waals surface area contributed by atoms with Gasteiger partial charge in [-0.1, -0.05) is 60.5 Å². The maximum atomic E-state index is 5.56. The first-order valence-electron chi connectivity index (χ1n) is 14.9. The molecule has 2 fully saturated rings. The summed E-state index contributed by atoms with van der Waals surface area (Å²) < 4.78 is 5.56. The smallest absolute Gasteiger partial charge is 0.0990 e. The van der Waals surface area contributed by atoms with Crippen molar-refractivity contribution >= 4 is 38.8 Å². The summed E-state index contributed by atoms with van der Waals surface area (Å²) in [7, 11) is 0. The number of nitrogens with zero attached hydrogens (tertiary/aromatic N) is 2. The zero-order valence-corrected chi connectivity index (χ0v) is 23.4. The Bertz CT molecular complexity index is 1520. The van der Waals surface area contributed by atoms with E-state index in [-0.39, 0.29) is 0 Å². The lowest BCUT2D eigenvalue weighted by Crippen LogP contribution is -2.36. The number of thioether (sulfide) groups is 1. The van der Waals surface area contributed by atoms with Crippen molar-refractivity contribution in [2.24, 2.45) is 16.8 Å². The lowest BCUT2D eigenvalue weighted by atomic mass is 9.64. The third kappa shape index (κ3) is 4.10. The summed E-state index contributed by atoms with van der Waals surface area (Å²) in [5.41, 5.74) is 11.6. The minimum absolute atomic E-state index is 0.728. The molecule has 1 unspecified atom stereocenters. The summed E-state index contributed by atoms with van der Waals surface area (Å²) in [5.74, 6) is 2.69. The van der Waals surface area contributed by atoms with E-state index in [1.807, 2.05) is 11.8 Å². The largest absolute Gasteiger partial charge is 0.378 e. The van der Waals surface area contributed by atoms with Gasteiger partial charge in [-0.15, -0.1) is 11.8 Å². The highest BCUT2D eigenvalue weighted by atomic mass is 32.2. The Morgan fingerprint density at radius 2 is 1.72 bits per heavy atom. The van der Waals surface area contributed by atoms with Gasteiger partial charge in [-0.3, -0.25) is 4.99 Å². The molecule has 8 rings (SSSR count). The second kappa shape index (κ2) is 9.98. The normalized spacial score (nSPS) is 23.0. The molecule has 39 heavy (non-hydrogen) atoms. The molecule has 4 heteroatoms. The third-order valence-electron chi connectivity index (χ3n) is 9.76. The molecular weight excluding hydrogens is 496 g/mol. The quantitative estimate of drug-likeness (QED) is 0.341. The fourth-order valence-electron chi connectivity index (χ4n) is 7.54. The second-order valence-electron chi connectivity index (χ2n) is 11.7. The van der Waals surface area contributed by atoms with Gasteiger partial charge in [0.15, 0.2) is 0 Å². The highest BCUT2D eigenvalue weighted by Crippen LogP contribution is 2.50. The molecule has 3 aliphatic carbocycles. The molecule has 1 saturated carbocycles. The number of aliphatic imine (C=N–C) groups is 1. The van der Waals surface area contributed by atoms with E-state index in [9.17, 15) is 0 Å². The number of benzene rings is 3. The molecule has 0 amide bonds. The zero-order chi connectivity index (χ0) is 25.8. The SMILES string of the molecule is C1=CC2=C(CC1)C(C1CCC1)Cc1c2ccc2c(C3=NCCS3)c(-c3ccc(N4CCOCC4)cc3)ccc12. The Labute approximate surface area is 236 Å². The molecule has 0 spiro atoms. The Balaban J connectivity index is 1.26. The maximum absolute atomic E-state index is 5.56. The summed E-state index contributed by atoms with van der Waals surface area (Å²) in [6, 6.07) is 18.9. The number of hydrogen-bond acceptors (Lipinski definition) is 4. The molecule has 1 saturated heterocycles. The van der Waals surface area contributed by atoms with Crippen LogP contribution in [0.15, 0.2) is 71.2 Å². The van der Waals surface area contributed by atoms with Gasteiger partial charge >= 0.3 is 0 Å². The maximum Gasteiger partial charge on any atom is 0.0990 e. The molecule has 198 valence electrons. The number of fused-ring (bicyclic) bond motifs is 4. The first-order chi connectivity index (χ1) is 19.3. The van der Waals surface area contributed by atoms with E-state index in [0.717, 1.165) is 50.4 Å². The van der Waals surface area contributed by atoms with Crippen LogP contribution < -0.4 is 4.90 Å². The molecule has 5 aliphatic rings. The van der Waals surface area contributed by atoms with Crippen LogP contribution in [0.1, 0.15) is 48.8 Å². The lowest BCUT2D eigenvalue weighted by molar-refractivity contribution is 0.122. The first-order valence-corrected chi connectivity index (χ1v) is 15.9. The molecule has 0 aromatic heterocycles. The number of ether oxygens (including phenoxy) is 1. The standard InChI is InChI=1S/C35H36N2OS/c1-2-7-28-27(6-1)29-14-15-31-30(33(29)22-32(28)23-4-3-5-23)13-12-26(34(31)35-36-16-21-39-35)24-8-10-25(11-9-24)37-17-19-38-20-18-37/h1,6,8-15,23,32H,2-5,7,16-22H2. The van der Waals surface area contributed by atoms with E-state index in [0.29, 0.717) is 0 Å². The molecule has 0 bridgehead atoms. The summed E-state index contributed by atoms with van der Waals surface area (Å²) in [5, 5.41) is 4.05. The van der Waals surface area contributed by atoms with Gasteiger partial charge in [-0.05, 0) is 94.7 Å². The minimum atomic E-state index is 0.728. The van der Waals surface area contributed by atoms with Crippen molar-refractivity contribution in [3.05, 3.63) is 82.9 Å². The van der Waals surface area contributed by atoms with Crippen molar-refractivity contribution in [3.8, 4) is 11.1 Å². The van der Waals surface area contributed by atoms with E-state index < -0.39 is 0 Å². The Morgan fingerprint density at radius 3 is 2.49 bits per heavy atom. The average molecular weight is 533 g/mol. The zero-order valence-electron chi connectivity index (χ0n) is 22.6. The van der Waals surface area contributed by atoms with Crippen molar-refractivity contribution in [2.45, 2.75) is 38.5 Å². The average Bonchev–Trinajstić information content (AvgIpc) is 3.51. The van der Waals surface area contributed by atoms with Gasteiger partial charge in [-0.2, -0.15) is 0 Å². The van der Waals surface area contributed by atoms with Crippen LogP contribution in [-0.4, -0.2) is 43.6 Å². The molecule has 3 aromatic carbocycles. The highest BCUT2D eigenvalue weighted by molar-refractivity contribution is 8.14. The third-order valence-corrected chi connectivity index (χ3v) is 10.8. The lowest BCUT2D eigenvalue weighted by Gasteiger charge is -2.41. The van der Waals surface area contributed by atoms with Gasteiger partial charge < -0.3 is 9.64 Å². The van der Waals surface area contributed by atoms with E-state index in [4.69, 9.17) is 9.73 Å². The highest BCUT2D eigenvalue weighted by Gasteiger charge is 2.36. The number of hydrogen-bond donors (Lipinski definition) is 0. The second-order valence-corrected chi connectivity index (χ2v) is 12.8. The minimum Gasteiger partial charge on any atom is -0.378 e. The summed E-state index contributed by atoms with van der Waals surface area (Å²) >= 11 is 1.93. The number of rotatable bonds is 4. The van der Waals surface area contributed by atoms with Crippen LogP contribution in [0.5, 0.6) is 0 Å². The van der Waals surface area contributed by atoms with E-state index in [1.165, 1.54) is 82.3 Å². The first kappa shape index (κ1) is 24.0. The molecule has 3 nitrogen and oxygen atoms in total. The number of allylic oxidation sites excluding steroid dienone is 4. The predicted octanol–water partition coefficient (Wildman–Crippen LogP) is 7.91. The molecule has 0 N–H and O–H groups in total. The van der Waals surface area contributed by atoms with Gasteiger partial charge in [0.1, 0.15) is 0 Å². The Kier molecular flexibility index (Phi) is 6.14. The molecule has 3 aromatic rings. The molecule has 2 aliphatic heterocycles. The van der Waals surface area contributed by atoms with Gasteiger partial charge in [0.05, 0.1) is 18.3 Å². The van der Waals surface area contributed by atoms with Crippen LogP contribution >= 0.6 is 11.8 Å². The monoisotopic (exact) mass is 532 g/mol. The Morgan fingerprint density at radius 1 is 0.897 bits per heavy atom. The van der Waals surface area contributed by atoms with Crippen molar-refractivity contribution in [1.82, 2.24) is 0 Å². The topological polar surface area (TPSA) is 24.8 Å². The van der Waals surface area contributed by atoms with E-state index >= 15 is 0 Å². The Hall–Kier alpha value is -2.82. The molecule has 2 heterocycles. The predicted molar refractivity (Wildman–Crippen MR) is 166 cm³/mol. The molecule has 1 atom stereocenters. The van der Waals surface area contributed by atoms with Crippen molar-refractivity contribution in [1.29, 1.82) is 0 Å². The molecule has 0 radical (unpaired) electrons. The van der Waals surface area contributed by atoms with Crippen molar-refractivity contribution in [2.75, 3.05) is 43.5 Å². The summed E-state index contributed by atoms with van der Waals surface area (Å²) in [6.45, 7) is 4.48. The van der Waals surface area contributed by atoms with Crippen molar-refractivity contribution in [3.63, 3.8) is 0 Å². The fourth-order valence-corrected chi connectivity index (χ4v) is 8.46. The van der Waals surface area contributed by atoms with Crippen molar-refractivity contribution < 1.29 is 4.74 Å².